The van der Waals surface area contributed by atoms with Crippen LogP contribution < -0.4 is 5.32 Å². The molecule has 0 radical (unpaired) electrons. The Morgan fingerprint density at radius 2 is 2.17 bits per heavy atom. The average Bonchev–Trinajstić information content (AvgIpc) is 2.78. The Morgan fingerprint density at radius 3 is 2.83 bits per heavy atom. The van der Waals surface area contributed by atoms with E-state index in [2.05, 4.69) is 24.2 Å². The molecule has 18 heavy (non-hydrogen) atoms. The lowest BCUT2D eigenvalue weighted by Crippen LogP contribution is -2.23. The molecule has 1 aliphatic heterocycles. The molecule has 0 spiro atoms. The van der Waals surface area contributed by atoms with Gasteiger partial charge in [0.05, 0.1) is 12.6 Å². The minimum absolute atomic E-state index is 0.164. The Kier molecular flexibility index (Phi) is 4.64. The van der Waals surface area contributed by atoms with Crippen LogP contribution in [0.3, 0.4) is 0 Å². The molecule has 0 aliphatic carbocycles. The van der Waals surface area contributed by atoms with E-state index in [-0.39, 0.29) is 11.9 Å². The van der Waals surface area contributed by atoms with Crippen LogP contribution >= 0.6 is 11.8 Å². The number of thioether (sulfide) groups is 1. The third-order valence-electron chi connectivity index (χ3n) is 3.04. The van der Waals surface area contributed by atoms with Gasteiger partial charge in [0.15, 0.2) is 5.17 Å². The number of amidine groups is 1. The summed E-state index contributed by atoms with van der Waals surface area (Å²) in [5.74, 6) is -0.193. The van der Waals surface area contributed by atoms with Gasteiger partial charge in [0.25, 0.3) is 0 Å². The van der Waals surface area contributed by atoms with Crippen LogP contribution in [0.1, 0.15) is 38.3 Å². The van der Waals surface area contributed by atoms with E-state index in [9.17, 15) is 4.39 Å². The normalized spacial score (nSPS) is 20.6. The molecule has 0 aromatic heterocycles. The van der Waals surface area contributed by atoms with E-state index in [0.29, 0.717) is 5.25 Å². The summed E-state index contributed by atoms with van der Waals surface area (Å²) in [5, 5.41) is 5.04. The largest absolute Gasteiger partial charge is 0.358 e. The predicted molar refractivity (Wildman–Crippen MR) is 76.5 cm³/mol. The second kappa shape index (κ2) is 6.23. The first kappa shape index (κ1) is 13.4. The minimum Gasteiger partial charge on any atom is -0.358 e. The lowest BCUT2D eigenvalue weighted by molar-refractivity contribution is 0.624. The Hall–Kier alpha value is -1.03. The van der Waals surface area contributed by atoms with Gasteiger partial charge in [0, 0.05) is 5.25 Å². The van der Waals surface area contributed by atoms with E-state index >= 15 is 0 Å². The molecule has 98 valence electrons. The van der Waals surface area contributed by atoms with Gasteiger partial charge in [-0.15, -0.1) is 0 Å². The number of hydrogen-bond acceptors (Lipinski definition) is 3. The van der Waals surface area contributed by atoms with Crippen LogP contribution in [0, 0.1) is 5.82 Å². The van der Waals surface area contributed by atoms with Crippen molar-refractivity contribution >= 4 is 16.9 Å². The third kappa shape index (κ3) is 3.48. The molecule has 2 nitrogen and oxygen atoms in total. The number of nitrogens with one attached hydrogen (secondary N) is 1. The Labute approximate surface area is 112 Å². The van der Waals surface area contributed by atoms with Gasteiger partial charge in [-0.25, -0.2) is 4.39 Å². The molecule has 0 bridgehead atoms. The van der Waals surface area contributed by atoms with Gasteiger partial charge in [-0.05, 0) is 31.0 Å². The quantitative estimate of drug-likeness (QED) is 0.897. The van der Waals surface area contributed by atoms with E-state index in [1.807, 2.05) is 23.9 Å². The number of nitrogens with zero attached hydrogens (tertiary/aromatic N) is 1. The topological polar surface area (TPSA) is 24.4 Å². The number of hydrogen-bond donors (Lipinski definition) is 1. The first-order valence-corrected chi connectivity index (χ1v) is 7.30. The van der Waals surface area contributed by atoms with Gasteiger partial charge < -0.3 is 5.32 Å². The zero-order chi connectivity index (χ0) is 13.0. The molecule has 0 saturated carbocycles. The van der Waals surface area contributed by atoms with E-state index < -0.39 is 0 Å². The van der Waals surface area contributed by atoms with E-state index in [0.717, 1.165) is 17.3 Å². The maximum absolute atomic E-state index is 12.8. The van der Waals surface area contributed by atoms with Crippen LogP contribution in [-0.4, -0.2) is 17.0 Å². The molecular weight excluding hydrogens is 247 g/mol. The summed E-state index contributed by atoms with van der Waals surface area (Å²) in [4.78, 5) is 4.51. The lowest BCUT2D eigenvalue weighted by atomic mass is 10.1. The summed E-state index contributed by atoms with van der Waals surface area (Å²) >= 11 is 1.83. The van der Waals surface area contributed by atoms with Gasteiger partial charge in [-0.1, -0.05) is 37.2 Å². The maximum atomic E-state index is 12.8. The Bertz CT molecular complexity index is 416. The summed E-state index contributed by atoms with van der Waals surface area (Å²) in [6.45, 7) is 5.19. The maximum Gasteiger partial charge on any atom is 0.157 e. The van der Waals surface area contributed by atoms with Crippen LogP contribution in [0.4, 0.5) is 4.39 Å². The SMILES string of the molecule is CCCC1CN=C(NC(C)c2ccc(F)cc2)S1. The smallest absolute Gasteiger partial charge is 0.157 e. The second-order valence-electron chi connectivity index (χ2n) is 4.59. The summed E-state index contributed by atoms with van der Waals surface area (Å²) in [5.41, 5.74) is 1.08. The Morgan fingerprint density at radius 1 is 1.44 bits per heavy atom. The van der Waals surface area contributed by atoms with Gasteiger partial charge in [-0.2, -0.15) is 0 Å². The van der Waals surface area contributed by atoms with E-state index in [1.54, 1.807) is 0 Å². The monoisotopic (exact) mass is 266 g/mol. The number of halogens is 1. The fraction of sp³-hybridized carbons (Fsp3) is 0.500. The van der Waals surface area contributed by atoms with E-state index in [4.69, 9.17) is 0 Å². The molecule has 0 amide bonds. The van der Waals surface area contributed by atoms with Crippen LogP contribution in [0.25, 0.3) is 0 Å². The van der Waals surface area contributed by atoms with Gasteiger partial charge in [0.2, 0.25) is 0 Å². The van der Waals surface area contributed by atoms with Crippen molar-refractivity contribution in [3.63, 3.8) is 0 Å². The van der Waals surface area contributed by atoms with Crippen molar-refractivity contribution in [1.29, 1.82) is 0 Å². The summed E-state index contributed by atoms with van der Waals surface area (Å²) in [7, 11) is 0. The number of benzene rings is 1. The van der Waals surface area contributed by atoms with Crippen molar-refractivity contribution < 1.29 is 4.39 Å². The molecule has 1 aromatic rings. The molecule has 1 aromatic carbocycles. The van der Waals surface area contributed by atoms with Crippen molar-refractivity contribution in [3.8, 4) is 0 Å². The van der Waals surface area contributed by atoms with Crippen LogP contribution in [0.2, 0.25) is 0 Å². The highest BCUT2D eigenvalue weighted by Gasteiger charge is 2.20. The first-order valence-electron chi connectivity index (χ1n) is 6.42. The molecule has 1 aliphatic rings. The highest BCUT2D eigenvalue weighted by atomic mass is 32.2. The Balaban J connectivity index is 1.88. The van der Waals surface area contributed by atoms with Crippen molar-refractivity contribution in [1.82, 2.24) is 5.32 Å². The number of aliphatic imine (C=N–C) groups is 1. The van der Waals surface area contributed by atoms with Crippen LogP contribution in [-0.2, 0) is 0 Å². The van der Waals surface area contributed by atoms with Gasteiger partial charge >= 0.3 is 0 Å². The van der Waals surface area contributed by atoms with Gasteiger partial charge in [0.1, 0.15) is 5.82 Å². The lowest BCUT2D eigenvalue weighted by Gasteiger charge is -2.15. The van der Waals surface area contributed by atoms with Crippen molar-refractivity contribution in [2.24, 2.45) is 4.99 Å². The van der Waals surface area contributed by atoms with Crippen molar-refractivity contribution in [3.05, 3.63) is 35.6 Å². The highest BCUT2D eigenvalue weighted by Crippen LogP contribution is 2.25. The molecule has 2 atom stereocenters. The molecule has 4 heteroatoms. The van der Waals surface area contributed by atoms with Crippen LogP contribution in [0.15, 0.2) is 29.3 Å². The van der Waals surface area contributed by atoms with Crippen molar-refractivity contribution in [2.75, 3.05) is 6.54 Å². The molecule has 2 unspecified atom stereocenters. The third-order valence-corrected chi connectivity index (χ3v) is 4.23. The summed E-state index contributed by atoms with van der Waals surface area (Å²) in [6, 6.07) is 6.79. The summed E-state index contributed by atoms with van der Waals surface area (Å²) in [6.07, 6.45) is 2.41. The minimum atomic E-state index is -0.193. The summed E-state index contributed by atoms with van der Waals surface area (Å²) < 4.78 is 12.8. The first-order chi connectivity index (χ1) is 8.69. The molecule has 1 heterocycles. The standard InChI is InChI=1S/C14H19FN2S/c1-3-4-13-9-16-14(18-13)17-10(2)11-5-7-12(15)8-6-11/h5-8,10,13H,3-4,9H2,1-2H3,(H,16,17). The van der Waals surface area contributed by atoms with Crippen LogP contribution in [0.5, 0.6) is 0 Å². The zero-order valence-electron chi connectivity index (χ0n) is 10.8. The molecule has 2 rings (SSSR count). The zero-order valence-corrected chi connectivity index (χ0v) is 11.6. The predicted octanol–water partition coefficient (Wildman–Crippen LogP) is 3.75. The molecule has 0 saturated heterocycles. The van der Waals surface area contributed by atoms with Crippen molar-refractivity contribution in [2.45, 2.75) is 38.0 Å². The van der Waals surface area contributed by atoms with Gasteiger partial charge in [-0.3, -0.25) is 4.99 Å². The average molecular weight is 266 g/mol. The second-order valence-corrected chi connectivity index (χ2v) is 5.88. The molecule has 0 fully saturated rings. The molecule has 1 N–H and O–H groups in total. The van der Waals surface area contributed by atoms with E-state index in [1.165, 1.54) is 25.0 Å². The molecular formula is C14H19FN2S. The number of rotatable bonds is 4. The fourth-order valence-corrected chi connectivity index (χ4v) is 3.20. The highest BCUT2D eigenvalue weighted by molar-refractivity contribution is 8.14. The fourth-order valence-electron chi connectivity index (χ4n) is 1.99.